The topological polar surface area (TPSA) is 228 Å². The Bertz CT molecular complexity index is 956. The molecule has 14 heteroatoms. The van der Waals surface area contributed by atoms with Gasteiger partial charge in [0.2, 0.25) is 5.91 Å². The minimum atomic E-state index is -1.78. The van der Waals surface area contributed by atoms with E-state index < -0.39 is 86.8 Å². The van der Waals surface area contributed by atoms with Gasteiger partial charge < -0.3 is 65.1 Å². The number of ether oxygens (including phenoxy) is 4. The number of rotatable bonds is 29. The second-order valence-corrected chi connectivity index (χ2v) is 14.8. The first-order chi connectivity index (χ1) is 25.6. The summed E-state index contributed by atoms with van der Waals surface area (Å²) in [6.07, 6.45) is 7.15. The molecule has 0 aliphatic carbocycles. The second-order valence-electron chi connectivity index (χ2n) is 14.8. The van der Waals surface area contributed by atoms with Crippen molar-refractivity contribution in [2.24, 2.45) is 0 Å². The highest BCUT2D eigenvalue weighted by Crippen LogP contribution is 2.29. The van der Waals surface area contributed by atoms with Gasteiger partial charge in [-0.25, -0.2) is 0 Å². The van der Waals surface area contributed by atoms with Crippen molar-refractivity contribution in [2.75, 3.05) is 19.8 Å². The van der Waals surface area contributed by atoms with E-state index in [2.05, 4.69) is 19.2 Å². The van der Waals surface area contributed by atoms with Crippen molar-refractivity contribution in [1.82, 2.24) is 5.32 Å². The van der Waals surface area contributed by atoms with Crippen LogP contribution in [0.15, 0.2) is 12.2 Å². The molecule has 2 aliphatic heterocycles. The zero-order valence-corrected chi connectivity index (χ0v) is 32.3. The van der Waals surface area contributed by atoms with Gasteiger partial charge in [0.1, 0.15) is 48.8 Å². The van der Waals surface area contributed by atoms with E-state index >= 15 is 0 Å². The number of hydrogen-bond donors (Lipinski definition) is 9. The third-order valence-corrected chi connectivity index (χ3v) is 10.2. The molecule has 0 radical (unpaired) electrons. The van der Waals surface area contributed by atoms with Gasteiger partial charge in [0.05, 0.1) is 32.0 Å². The molecule has 0 saturated carbocycles. The van der Waals surface area contributed by atoms with Crippen LogP contribution in [0.1, 0.15) is 136 Å². The standard InChI is InChI=1S/C39H73NO13/c1-3-5-7-9-11-13-15-17-19-21-23-31(44)40-27(28(43)22-20-18-16-14-12-10-8-6-4-2)26-50-38-36(49)34(47)37(30(25-42)52-38)53-39-35(48)33(46)32(45)29(24-41)51-39/h20,22,27-30,32-39,41-43,45-49H,3-19,21,23-26H2,1-2H3,(H,40,44)/b22-20+. The van der Waals surface area contributed by atoms with Gasteiger partial charge in [-0.3, -0.25) is 4.79 Å². The van der Waals surface area contributed by atoms with Gasteiger partial charge in [-0.15, -0.1) is 0 Å². The van der Waals surface area contributed by atoms with Gasteiger partial charge >= 0.3 is 0 Å². The zero-order valence-electron chi connectivity index (χ0n) is 32.3. The van der Waals surface area contributed by atoms with Crippen molar-refractivity contribution in [3.05, 3.63) is 12.2 Å². The molecule has 14 nitrogen and oxygen atoms in total. The molecule has 312 valence electrons. The van der Waals surface area contributed by atoms with Crippen LogP contribution in [-0.2, 0) is 23.7 Å². The first-order valence-corrected chi connectivity index (χ1v) is 20.4. The van der Waals surface area contributed by atoms with Crippen molar-refractivity contribution in [3.8, 4) is 0 Å². The molecule has 0 aromatic heterocycles. The maximum absolute atomic E-state index is 13.0. The number of hydrogen-bond acceptors (Lipinski definition) is 13. The molecule has 0 aromatic carbocycles. The van der Waals surface area contributed by atoms with Gasteiger partial charge in [-0.05, 0) is 19.3 Å². The molecule has 2 rings (SSSR count). The minimum absolute atomic E-state index is 0.246. The van der Waals surface area contributed by atoms with Crippen LogP contribution in [0.2, 0.25) is 0 Å². The van der Waals surface area contributed by atoms with E-state index in [9.17, 15) is 45.6 Å². The quantitative estimate of drug-likeness (QED) is 0.0395. The summed E-state index contributed by atoms with van der Waals surface area (Å²) in [6.45, 7) is 2.69. The van der Waals surface area contributed by atoms with E-state index in [1.807, 2.05) is 6.08 Å². The van der Waals surface area contributed by atoms with Gasteiger partial charge in [-0.2, -0.15) is 0 Å². The van der Waals surface area contributed by atoms with Gasteiger partial charge in [-0.1, -0.05) is 122 Å². The van der Waals surface area contributed by atoms with Crippen LogP contribution in [0.5, 0.6) is 0 Å². The number of nitrogens with one attached hydrogen (secondary N) is 1. The molecule has 2 aliphatic rings. The Hall–Kier alpha value is -1.27. The molecular weight excluding hydrogens is 690 g/mol. The van der Waals surface area contributed by atoms with Crippen LogP contribution in [-0.4, -0.2) is 140 Å². The predicted octanol–water partition coefficient (Wildman–Crippen LogP) is 2.48. The first kappa shape index (κ1) is 47.9. The Kier molecular flexibility index (Phi) is 25.5. The van der Waals surface area contributed by atoms with E-state index in [4.69, 9.17) is 18.9 Å². The molecule has 12 atom stereocenters. The fraction of sp³-hybridized carbons (Fsp3) is 0.923. The lowest BCUT2D eigenvalue weighted by Gasteiger charge is -2.46. The van der Waals surface area contributed by atoms with Crippen LogP contribution < -0.4 is 5.32 Å². The fourth-order valence-electron chi connectivity index (χ4n) is 6.76. The Morgan fingerprint density at radius 1 is 0.660 bits per heavy atom. The van der Waals surface area contributed by atoms with Gasteiger partial charge in [0.25, 0.3) is 0 Å². The van der Waals surface area contributed by atoms with Crippen molar-refractivity contribution in [1.29, 1.82) is 0 Å². The van der Waals surface area contributed by atoms with Gasteiger partial charge in [0, 0.05) is 6.42 Å². The van der Waals surface area contributed by atoms with Crippen molar-refractivity contribution in [3.63, 3.8) is 0 Å². The predicted molar refractivity (Wildman–Crippen MR) is 199 cm³/mol. The highest BCUT2D eigenvalue weighted by Gasteiger charge is 2.50. The number of allylic oxidation sites excluding steroid dienone is 1. The molecule has 0 aromatic rings. The average Bonchev–Trinajstić information content (AvgIpc) is 3.15. The van der Waals surface area contributed by atoms with Gasteiger partial charge in [0.15, 0.2) is 12.6 Å². The maximum atomic E-state index is 13.0. The van der Waals surface area contributed by atoms with E-state index in [0.717, 1.165) is 38.5 Å². The number of unbranched alkanes of at least 4 members (excludes halogenated alkanes) is 16. The summed E-state index contributed by atoms with van der Waals surface area (Å²) in [4.78, 5) is 13.0. The van der Waals surface area contributed by atoms with Crippen LogP contribution in [0, 0.1) is 0 Å². The van der Waals surface area contributed by atoms with E-state index in [-0.39, 0.29) is 18.9 Å². The highest BCUT2D eigenvalue weighted by atomic mass is 16.7. The van der Waals surface area contributed by atoms with Crippen molar-refractivity contribution < 1.29 is 64.6 Å². The number of aliphatic hydroxyl groups is 8. The molecule has 0 spiro atoms. The van der Waals surface area contributed by atoms with E-state index in [1.54, 1.807) is 6.08 Å². The van der Waals surface area contributed by atoms with E-state index in [0.29, 0.717) is 6.42 Å². The second kappa shape index (κ2) is 28.2. The SMILES string of the molecule is CCCCCCCCC/C=C/C(O)C(COC1OC(CO)C(OC2OC(CO)C(O)C(O)C2O)C(O)C1O)NC(=O)CCCCCCCCCCCC. The molecule has 9 N–H and O–H groups in total. The molecule has 1 amide bonds. The lowest BCUT2D eigenvalue weighted by atomic mass is 9.97. The number of carbonyl (C=O) groups excluding carboxylic acids is 1. The van der Waals surface area contributed by atoms with Crippen LogP contribution in [0.25, 0.3) is 0 Å². The summed E-state index contributed by atoms with van der Waals surface area (Å²) < 4.78 is 22.5. The third-order valence-electron chi connectivity index (χ3n) is 10.2. The molecule has 0 bridgehead atoms. The minimum Gasteiger partial charge on any atom is -0.394 e. The summed E-state index contributed by atoms with van der Waals surface area (Å²) in [5, 5.41) is 86.0. The monoisotopic (exact) mass is 764 g/mol. The largest absolute Gasteiger partial charge is 0.394 e. The zero-order chi connectivity index (χ0) is 39.0. The van der Waals surface area contributed by atoms with Crippen LogP contribution >= 0.6 is 0 Å². The molecule has 2 fully saturated rings. The summed E-state index contributed by atoms with van der Waals surface area (Å²) in [5.74, 6) is -0.246. The lowest BCUT2D eigenvalue weighted by molar-refractivity contribution is -0.359. The Labute approximate surface area is 316 Å². The molecule has 12 unspecified atom stereocenters. The van der Waals surface area contributed by atoms with E-state index in [1.165, 1.54) is 70.6 Å². The molecule has 2 heterocycles. The Morgan fingerprint density at radius 3 is 1.74 bits per heavy atom. The Balaban J connectivity index is 1.96. The summed E-state index contributed by atoms with van der Waals surface area (Å²) >= 11 is 0. The van der Waals surface area contributed by atoms with Crippen LogP contribution in [0.3, 0.4) is 0 Å². The number of aliphatic hydroxyl groups excluding tert-OH is 8. The first-order valence-electron chi connectivity index (χ1n) is 20.4. The lowest BCUT2D eigenvalue weighted by Crippen LogP contribution is -2.65. The average molecular weight is 764 g/mol. The normalized spacial score (nSPS) is 30.5. The third kappa shape index (κ3) is 17.6. The van der Waals surface area contributed by atoms with Crippen molar-refractivity contribution >= 4 is 5.91 Å². The maximum Gasteiger partial charge on any atom is 0.220 e. The summed E-state index contributed by atoms with van der Waals surface area (Å²) in [6, 6.07) is -0.903. The molecular formula is C39H73NO13. The van der Waals surface area contributed by atoms with Crippen molar-refractivity contribution in [2.45, 2.75) is 209 Å². The number of carbonyl (C=O) groups is 1. The molecule has 2 saturated heterocycles. The molecule has 53 heavy (non-hydrogen) atoms. The fourth-order valence-corrected chi connectivity index (χ4v) is 6.76. The summed E-state index contributed by atoms with van der Waals surface area (Å²) in [5.41, 5.74) is 0. The number of amides is 1. The summed E-state index contributed by atoms with van der Waals surface area (Å²) in [7, 11) is 0. The Morgan fingerprint density at radius 2 is 1.17 bits per heavy atom. The highest BCUT2D eigenvalue weighted by molar-refractivity contribution is 5.76. The van der Waals surface area contributed by atoms with Crippen LogP contribution in [0.4, 0.5) is 0 Å². The smallest absolute Gasteiger partial charge is 0.220 e.